The van der Waals surface area contributed by atoms with Crippen LogP contribution in [-0.2, 0) is 9.84 Å². The zero-order valence-electron chi connectivity index (χ0n) is 16.2. The van der Waals surface area contributed by atoms with Gasteiger partial charge in [-0.25, -0.2) is 13.1 Å². The second-order valence-corrected chi connectivity index (χ2v) is 9.58. The number of para-hydroxylation sites is 1. The molecule has 1 aliphatic rings. The van der Waals surface area contributed by atoms with Crippen LogP contribution in [0.2, 0.25) is 0 Å². The molecule has 0 radical (unpaired) electrons. The first-order valence-corrected chi connectivity index (χ1v) is 11.3. The highest BCUT2D eigenvalue weighted by Gasteiger charge is 2.30. The number of amides is 1. The Morgan fingerprint density at radius 2 is 1.76 bits per heavy atom. The molecule has 4 rings (SSSR count). The third kappa shape index (κ3) is 3.96. The molecule has 7 heteroatoms. The fourth-order valence-electron chi connectivity index (χ4n) is 3.75. The van der Waals surface area contributed by atoms with Gasteiger partial charge in [0, 0.05) is 11.4 Å². The minimum Gasteiger partial charge on any atom is -0.321 e. The maximum atomic E-state index is 12.8. The maximum absolute atomic E-state index is 12.8. The fraction of sp³-hybridized carbons (Fsp3) is 0.273. The molecule has 1 fully saturated rings. The standard InChI is InChI=1S/C22H23N3O3S/c1-16-14-21(24-25(16)18-9-3-2-4-10-18)22(26)23-17-8-7-13-20(15-17)29(27,28)19-11-5-6-12-19/h2-4,7-10,13-15,19H,5-6,11-12H2,1H3,(H,23,26). The van der Waals surface area contributed by atoms with Gasteiger partial charge in [-0.05, 0) is 56.2 Å². The number of anilines is 1. The summed E-state index contributed by atoms with van der Waals surface area (Å²) >= 11 is 0. The molecule has 150 valence electrons. The fourth-order valence-corrected chi connectivity index (χ4v) is 5.65. The van der Waals surface area contributed by atoms with Crippen molar-refractivity contribution >= 4 is 21.4 Å². The molecule has 3 aromatic rings. The number of nitrogens with one attached hydrogen (secondary N) is 1. The molecular formula is C22H23N3O3S. The molecule has 1 aromatic heterocycles. The molecule has 0 unspecified atom stereocenters. The van der Waals surface area contributed by atoms with E-state index in [1.165, 1.54) is 6.07 Å². The molecular weight excluding hydrogens is 386 g/mol. The number of aryl methyl sites for hydroxylation is 1. The van der Waals surface area contributed by atoms with Gasteiger partial charge in [0.1, 0.15) is 0 Å². The third-order valence-corrected chi connectivity index (χ3v) is 7.54. The van der Waals surface area contributed by atoms with Crippen molar-refractivity contribution in [1.29, 1.82) is 0 Å². The van der Waals surface area contributed by atoms with Crippen LogP contribution >= 0.6 is 0 Å². The number of nitrogens with zero attached hydrogens (tertiary/aromatic N) is 2. The Morgan fingerprint density at radius 3 is 2.48 bits per heavy atom. The van der Waals surface area contributed by atoms with Crippen LogP contribution < -0.4 is 5.32 Å². The zero-order chi connectivity index (χ0) is 20.4. The lowest BCUT2D eigenvalue weighted by Gasteiger charge is -2.12. The molecule has 1 N–H and O–H groups in total. The van der Waals surface area contributed by atoms with Crippen LogP contribution in [0, 0.1) is 6.92 Å². The smallest absolute Gasteiger partial charge is 0.276 e. The van der Waals surface area contributed by atoms with E-state index in [1.807, 2.05) is 37.3 Å². The number of hydrogen-bond donors (Lipinski definition) is 1. The molecule has 0 spiro atoms. The highest BCUT2D eigenvalue weighted by atomic mass is 32.2. The van der Waals surface area contributed by atoms with Crippen molar-refractivity contribution in [3.63, 3.8) is 0 Å². The molecule has 29 heavy (non-hydrogen) atoms. The molecule has 0 bridgehead atoms. The second-order valence-electron chi connectivity index (χ2n) is 7.35. The SMILES string of the molecule is Cc1cc(C(=O)Nc2cccc(S(=O)(=O)C3CCCC3)c2)nn1-c1ccccc1. The molecule has 1 saturated carbocycles. The highest BCUT2D eigenvalue weighted by molar-refractivity contribution is 7.92. The molecule has 0 atom stereocenters. The second kappa shape index (κ2) is 7.83. The minimum atomic E-state index is -3.37. The van der Waals surface area contributed by atoms with Crippen molar-refractivity contribution in [3.05, 3.63) is 72.1 Å². The van der Waals surface area contributed by atoms with Crippen molar-refractivity contribution in [2.45, 2.75) is 42.8 Å². The third-order valence-electron chi connectivity index (χ3n) is 5.28. The number of aromatic nitrogens is 2. The number of hydrogen-bond acceptors (Lipinski definition) is 4. The van der Waals surface area contributed by atoms with E-state index in [0.29, 0.717) is 18.5 Å². The predicted octanol–water partition coefficient (Wildman–Crippen LogP) is 4.15. The number of carbonyl (C=O) groups is 1. The van der Waals surface area contributed by atoms with Gasteiger partial charge >= 0.3 is 0 Å². The van der Waals surface area contributed by atoms with Crippen molar-refractivity contribution in [1.82, 2.24) is 9.78 Å². The van der Waals surface area contributed by atoms with Crippen LogP contribution in [0.1, 0.15) is 41.9 Å². The number of benzene rings is 2. The Morgan fingerprint density at radius 1 is 1.03 bits per heavy atom. The van der Waals surface area contributed by atoms with Gasteiger partial charge in [-0.3, -0.25) is 4.79 Å². The van der Waals surface area contributed by atoms with Crippen LogP contribution in [0.3, 0.4) is 0 Å². The first-order chi connectivity index (χ1) is 13.9. The van der Waals surface area contributed by atoms with Crippen LogP contribution in [0.25, 0.3) is 5.69 Å². The minimum absolute atomic E-state index is 0.258. The quantitative estimate of drug-likeness (QED) is 0.686. The molecule has 1 amide bonds. The Hall–Kier alpha value is -2.93. The van der Waals surface area contributed by atoms with Crippen LogP contribution in [0.15, 0.2) is 65.6 Å². The van der Waals surface area contributed by atoms with E-state index >= 15 is 0 Å². The van der Waals surface area contributed by atoms with E-state index in [1.54, 1.807) is 28.9 Å². The lowest BCUT2D eigenvalue weighted by Crippen LogP contribution is -2.18. The topological polar surface area (TPSA) is 81.1 Å². The van der Waals surface area contributed by atoms with E-state index in [9.17, 15) is 13.2 Å². The Bertz CT molecular complexity index is 1130. The average Bonchev–Trinajstić information content (AvgIpc) is 3.39. The van der Waals surface area contributed by atoms with E-state index in [4.69, 9.17) is 0 Å². The first-order valence-electron chi connectivity index (χ1n) is 9.72. The monoisotopic (exact) mass is 409 g/mol. The summed E-state index contributed by atoms with van der Waals surface area (Å²) in [6.07, 6.45) is 3.30. The van der Waals surface area contributed by atoms with E-state index in [-0.39, 0.29) is 21.7 Å². The molecule has 0 saturated heterocycles. The van der Waals surface area contributed by atoms with Crippen LogP contribution in [-0.4, -0.2) is 29.4 Å². The maximum Gasteiger partial charge on any atom is 0.276 e. The van der Waals surface area contributed by atoms with Gasteiger partial charge in [-0.15, -0.1) is 0 Å². The van der Waals surface area contributed by atoms with Crippen molar-refractivity contribution < 1.29 is 13.2 Å². The van der Waals surface area contributed by atoms with Crippen molar-refractivity contribution in [3.8, 4) is 5.69 Å². The van der Waals surface area contributed by atoms with Gasteiger partial charge in [-0.2, -0.15) is 5.10 Å². The summed E-state index contributed by atoms with van der Waals surface area (Å²) in [7, 11) is -3.37. The van der Waals surface area contributed by atoms with Gasteiger partial charge in [0.15, 0.2) is 15.5 Å². The van der Waals surface area contributed by atoms with Gasteiger partial charge in [0.25, 0.3) is 5.91 Å². The van der Waals surface area contributed by atoms with Gasteiger partial charge in [0.05, 0.1) is 15.8 Å². The summed E-state index contributed by atoms with van der Waals surface area (Å²) in [4.78, 5) is 12.9. The van der Waals surface area contributed by atoms with Crippen LogP contribution in [0.4, 0.5) is 5.69 Å². The lowest BCUT2D eigenvalue weighted by molar-refractivity contribution is 0.102. The van der Waals surface area contributed by atoms with Crippen LogP contribution in [0.5, 0.6) is 0 Å². The summed E-state index contributed by atoms with van der Waals surface area (Å²) in [5, 5.41) is 6.85. The van der Waals surface area contributed by atoms with E-state index in [0.717, 1.165) is 24.2 Å². The Labute approximate surface area is 170 Å². The molecule has 0 aliphatic heterocycles. The molecule has 1 heterocycles. The summed E-state index contributed by atoms with van der Waals surface area (Å²) in [6, 6.07) is 17.8. The predicted molar refractivity (Wildman–Crippen MR) is 112 cm³/mol. The van der Waals surface area contributed by atoms with Crippen molar-refractivity contribution in [2.24, 2.45) is 0 Å². The summed E-state index contributed by atoms with van der Waals surface area (Å²) in [5.41, 5.74) is 2.42. The summed E-state index contributed by atoms with van der Waals surface area (Å²) in [6.45, 7) is 1.88. The Kier molecular flexibility index (Phi) is 5.24. The lowest BCUT2D eigenvalue weighted by atomic mass is 10.3. The largest absolute Gasteiger partial charge is 0.321 e. The molecule has 2 aromatic carbocycles. The molecule has 6 nitrogen and oxygen atoms in total. The average molecular weight is 410 g/mol. The Balaban J connectivity index is 1.55. The number of rotatable bonds is 5. The summed E-state index contributed by atoms with van der Waals surface area (Å²) in [5.74, 6) is -0.377. The van der Waals surface area contributed by atoms with Crippen molar-refractivity contribution in [2.75, 3.05) is 5.32 Å². The number of sulfone groups is 1. The first kappa shape index (κ1) is 19.4. The normalized spacial score (nSPS) is 14.8. The van der Waals surface area contributed by atoms with Gasteiger partial charge < -0.3 is 5.32 Å². The van der Waals surface area contributed by atoms with Gasteiger partial charge in [0.2, 0.25) is 0 Å². The highest BCUT2D eigenvalue weighted by Crippen LogP contribution is 2.30. The molecule has 1 aliphatic carbocycles. The van der Waals surface area contributed by atoms with E-state index < -0.39 is 9.84 Å². The van der Waals surface area contributed by atoms with E-state index in [2.05, 4.69) is 10.4 Å². The summed E-state index contributed by atoms with van der Waals surface area (Å²) < 4.78 is 27.3. The van der Waals surface area contributed by atoms with Gasteiger partial charge in [-0.1, -0.05) is 37.1 Å². The zero-order valence-corrected chi connectivity index (χ0v) is 17.0. The number of carbonyl (C=O) groups excluding carboxylic acids is 1.